The van der Waals surface area contributed by atoms with Gasteiger partial charge in [-0.2, -0.15) is 0 Å². The van der Waals surface area contributed by atoms with Crippen LogP contribution in [0, 0.1) is 3.57 Å². The number of esters is 1. The first-order chi connectivity index (χ1) is 10.0. The highest BCUT2D eigenvalue weighted by Gasteiger charge is 2.13. The van der Waals surface area contributed by atoms with Gasteiger partial charge in [0.15, 0.2) is 0 Å². The van der Waals surface area contributed by atoms with Gasteiger partial charge in [0.25, 0.3) is 5.91 Å². The Balaban J connectivity index is 2.63. The maximum Gasteiger partial charge on any atom is 0.338 e. The number of rotatable bonds is 7. The molecule has 0 bridgehead atoms. The summed E-state index contributed by atoms with van der Waals surface area (Å²) in [6.45, 7) is 7.57. The van der Waals surface area contributed by atoms with E-state index in [1.807, 2.05) is 22.6 Å². The number of hydrogen-bond acceptors (Lipinski definition) is 4. The van der Waals surface area contributed by atoms with Crippen molar-refractivity contribution >= 4 is 34.5 Å². The third-order valence-electron chi connectivity index (χ3n) is 3.24. The summed E-state index contributed by atoms with van der Waals surface area (Å²) in [5.41, 5.74) is 1.02. The molecule has 21 heavy (non-hydrogen) atoms. The first-order valence-electron chi connectivity index (χ1n) is 6.91. The standard InChI is InChI=1S/C15H21IN2O3/c1-4-18(5-2)9-8-17-14(19)11-6-7-12(13(16)10-11)15(20)21-3/h6-7,10H,4-5,8-9H2,1-3H3,(H,17,19). The van der Waals surface area contributed by atoms with Gasteiger partial charge < -0.3 is 15.0 Å². The summed E-state index contributed by atoms with van der Waals surface area (Å²) in [5, 5.41) is 2.89. The third-order valence-corrected chi connectivity index (χ3v) is 4.14. The Kier molecular flexibility index (Phi) is 7.66. The van der Waals surface area contributed by atoms with E-state index < -0.39 is 5.97 Å². The van der Waals surface area contributed by atoms with Gasteiger partial charge in [0.05, 0.1) is 12.7 Å². The quantitative estimate of drug-likeness (QED) is 0.559. The van der Waals surface area contributed by atoms with Gasteiger partial charge in [-0.05, 0) is 53.9 Å². The summed E-state index contributed by atoms with van der Waals surface area (Å²) in [6.07, 6.45) is 0. The van der Waals surface area contributed by atoms with Crippen LogP contribution in [0.5, 0.6) is 0 Å². The van der Waals surface area contributed by atoms with Crippen LogP contribution in [0.4, 0.5) is 0 Å². The molecule has 0 heterocycles. The SMILES string of the molecule is CCN(CC)CCNC(=O)c1ccc(C(=O)OC)c(I)c1. The van der Waals surface area contributed by atoms with Gasteiger partial charge in [-0.1, -0.05) is 13.8 Å². The third kappa shape index (κ3) is 5.28. The fraction of sp³-hybridized carbons (Fsp3) is 0.467. The molecule has 0 aliphatic heterocycles. The second kappa shape index (κ2) is 8.99. The maximum atomic E-state index is 12.1. The number of halogens is 1. The number of methoxy groups -OCH3 is 1. The molecule has 0 spiro atoms. The second-order valence-electron chi connectivity index (χ2n) is 4.47. The van der Waals surface area contributed by atoms with E-state index in [0.29, 0.717) is 21.2 Å². The van der Waals surface area contributed by atoms with Crippen LogP contribution in [0.2, 0.25) is 0 Å². The molecular weight excluding hydrogens is 383 g/mol. The van der Waals surface area contributed by atoms with Crippen molar-refractivity contribution in [2.45, 2.75) is 13.8 Å². The zero-order valence-corrected chi connectivity index (χ0v) is 14.8. The molecule has 6 heteroatoms. The van der Waals surface area contributed by atoms with Crippen LogP contribution >= 0.6 is 22.6 Å². The van der Waals surface area contributed by atoms with Crippen LogP contribution in [-0.2, 0) is 4.74 Å². The Morgan fingerprint density at radius 1 is 1.29 bits per heavy atom. The zero-order chi connectivity index (χ0) is 15.8. The Hall–Kier alpha value is -1.15. The van der Waals surface area contributed by atoms with Crippen LogP contribution in [-0.4, -0.2) is 50.1 Å². The number of ether oxygens (including phenoxy) is 1. The van der Waals surface area contributed by atoms with E-state index in [4.69, 9.17) is 0 Å². The highest BCUT2D eigenvalue weighted by Crippen LogP contribution is 2.15. The molecule has 0 saturated carbocycles. The monoisotopic (exact) mass is 404 g/mol. The Morgan fingerprint density at radius 3 is 2.48 bits per heavy atom. The largest absolute Gasteiger partial charge is 0.465 e. The number of benzene rings is 1. The average Bonchev–Trinajstić information content (AvgIpc) is 2.50. The van der Waals surface area contributed by atoms with Crippen molar-refractivity contribution in [3.05, 3.63) is 32.9 Å². The molecule has 0 radical (unpaired) electrons. The summed E-state index contributed by atoms with van der Waals surface area (Å²) in [4.78, 5) is 25.8. The van der Waals surface area contributed by atoms with E-state index in [0.717, 1.165) is 19.6 Å². The zero-order valence-electron chi connectivity index (χ0n) is 12.6. The normalized spacial score (nSPS) is 10.5. The molecule has 1 N–H and O–H groups in total. The second-order valence-corrected chi connectivity index (χ2v) is 5.63. The van der Waals surface area contributed by atoms with E-state index in [-0.39, 0.29) is 5.91 Å². The van der Waals surface area contributed by atoms with Crippen molar-refractivity contribution < 1.29 is 14.3 Å². The molecule has 1 aromatic rings. The van der Waals surface area contributed by atoms with Crippen LogP contribution in [0.25, 0.3) is 0 Å². The van der Waals surface area contributed by atoms with Gasteiger partial charge in [-0.3, -0.25) is 4.79 Å². The Morgan fingerprint density at radius 2 is 1.95 bits per heavy atom. The first kappa shape index (κ1) is 17.9. The molecular formula is C15H21IN2O3. The molecule has 0 aromatic heterocycles. The van der Waals surface area contributed by atoms with Crippen LogP contribution in [0.15, 0.2) is 18.2 Å². The van der Waals surface area contributed by atoms with Gasteiger partial charge in [-0.15, -0.1) is 0 Å². The van der Waals surface area contributed by atoms with Crippen molar-refractivity contribution in [1.82, 2.24) is 10.2 Å². The van der Waals surface area contributed by atoms with Gasteiger partial charge >= 0.3 is 5.97 Å². The summed E-state index contributed by atoms with van der Waals surface area (Å²) in [7, 11) is 1.34. The van der Waals surface area contributed by atoms with E-state index in [2.05, 4.69) is 28.8 Å². The Bertz CT molecular complexity index is 502. The average molecular weight is 404 g/mol. The summed E-state index contributed by atoms with van der Waals surface area (Å²) < 4.78 is 5.39. The Labute approximate surface area is 139 Å². The summed E-state index contributed by atoms with van der Waals surface area (Å²) >= 11 is 2.03. The number of nitrogens with zero attached hydrogens (tertiary/aromatic N) is 1. The summed E-state index contributed by atoms with van der Waals surface area (Å²) in [5.74, 6) is -0.524. The lowest BCUT2D eigenvalue weighted by Gasteiger charge is -2.18. The number of amides is 1. The van der Waals surface area contributed by atoms with Crippen molar-refractivity contribution in [3.63, 3.8) is 0 Å². The maximum absolute atomic E-state index is 12.1. The predicted octanol–water partition coefficient (Wildman–Crippen LogP) is 2.15. The molecule has 0 aliphatic carbocycles. The number of hydrogen-bond donors (Lipinski definition) is 1. The lowest BCUT2D eigenvalue weighted by Crippen LogP contribution is -2.34. The van der Waals surface area contributed by atoms with Gasteiger partial charge in [0, 0.05) is 22.2 Å². The molecule has 1 rings (SSSR count). The van der Waals surface area contributed by atoms with Gasteiger partial charge in [0.2, 0.25) is 0 Å². The van der Waals surface area contributed by atoms with Crippen molar-refractivity contribution in [3.8, 4) is 0 Å². The highest BCUT2D eigenvalue weighted by atomic mass is 127. The molecule has 0 fully saturated rings. The van der Waals surface area contributed by atoms with E-state index in [9.17, 15) is 9.59 Å². The fourth-order valence-corrected chi connectivity index (χ4v) is 2.64. The lowest BCUT2D eigenvalue weighted by molar-refractivity contribution is 0.0599. The smallest absolute Gasteiger partial charge is 0.338 e. The lowest BCUT2D eigenvalue weighted by atomic mass is 10.1. The molecule has 0 aliphatic rings. The number of likely N-dealkylation sites (N-methyl/N-ethyl adjacent to an activating group) is 1. The minimum atomic E-state index is -0.395. The van der Waals surface area contributed by atoms with E-state index >= 15 is 0 Å². The number of nitrogens with one attached hydrogen (secondary N) is 1. The molecule has 1 aromatic carbocycles. The molecule has 0 saturated heterocycles. The molecule has 116 valence electrons. The van der Waals surface area contributed by atoms with E-state index in [1.165, 1.54) is 7.11 Å². The van der Waals surface area contributed by atoms with Gasteiger partial charge in [-0.25, -0.2) is 4.79 Å². The van der Waals surface area contributed by atoms with Crippen molar-refractivity contribution in [1.29, 1.82) is 0 Å². The minimum absolute atomic E-state index is 0.128. The summed E-state index contributed by atoms with van der Waals surface area (Å²) in [6, 6.07) is 4.95. The fourth-order valence-electron chi connectivity index (χ4n) is 1.90. The van der Waals surface area contributed by atoms with Crippen LogP contribution < -0.4 is 5.32 Å². The minimum Gasteiger partial charge on any atom is -0.465 e. The first-order valence-corrected chi connectivity index (χ1v) is 7.99. The van der Waals surface area contributed by atoms with Crippen molar-refractivity contribution in [2.75, 3.05) is 33.3 Å². The van der Waals surface area contributed by atoms with Crippen LogP contribution in [0.3, 0.4) is 0 Å². The molecule has 0 atom stereocenters. The molecule has 0 unspecified atom stereocenters. The van der Waals surface area contributed by atoms with Crippen LogP contribution in [0.1, 0.15) is 34.6 Å². The topological polar surface area (TPSA) is 58.6 Å². The molecule has 1 amide bonds. The number of carbonyl (C=O) groups excluding carboxylic acids is 2. The van der Waals surface area contributed by atoms with Crippen molar-refractivity contribution in [2.24, 2.45) is 0 Å². The molecule has 5 nitrogen and oxygen atoms in total. The van der Waals surface area contributed by atoms with E-state index in [1.54, 1.807) is 18.2 Å². The highest BCUT2D eigenvalue weighted by molar-refractivity contribution is 14.1. The van der Waals surface area contributed by atoms with Gasteiger partial charge in [0.1, 0.15) is 0 Å². The predicted molar refractivity (Wildman–Crippen MR) is 90.6 cm³/mol. The number of carbonyl (C=O) groups is 2.